The summed E-state index contributed by atoms with van der Waals surface area (Å²) in [6.07, 6.45) is 3.97. The number of nitrogens with two attached hydrogens (primary N) is 1. The molecule has 1 aliphatic rings. The number of rotatable bonds is 6. The van der Waals surface area contributed by atoms with E-state index in [2.05, 4.69) is 34.0 Å². The number of halogens is 1. The first-order valence-electron chi connectivity index (χ1n) is 11.1. The minimum atomic E-state index is -0.310. The van der Waals surface area contributed by atoms with Gasteiger partial charge in [-0.05, 0) is 42.5 Å². The van der Waals surface area contributed by atoms with Crippen molar-refractivity contribution in [2.45, 2.75) is 36.6 Å². The van der Waals surface area contributed by atoms with Crippen LogP contribution in [0.5, 0.6) is 5.75 Å². The number of ether oxygens (including phenoxy) is 1. The summed E-state index contributed by atoms with van der Waals surface area (Å²) in [5.74, 6) is 1.32. The lowest BCUT2D eigenvalue weighted by atomic mass is 9.83. The van der Waals surface area contributed by atoms with Gasteiger partial charge in [0.15, 0.2) is 5.82 Å². The number of hydrogen-bond acceptors (Lipinski definition) is 7. The van der Waals surface area contributed by atoms with Gasteiger partial charge in [-0.2, -0.15) is 0 Å². The number of nitrogens with zero attached hydrogens (tertiary/aromatic N) is 3. The molecule has 1 aliphatic heterocycles. The molecule has 2 heterocycles. The minimum absolute atomic E-state index is 0.310. The van der Waals surface area contributed by atoms with E-state index < -0.39 is 0 Å². The molecule has 4 rings (SSSR count). The number of methoxy groups -OCH3 is 1. The third-order valence-electron chi connectivity index (χ3n) is 5.96. The van der Waals surface area contributed by atoms with Crippen LogP contribution in [-0.2, 0) is 0 Å². The van der Waals surface area contributed by atoms with E-state index in [9.17, 15) is 4.79 Å². The van der Waals surface area contributed by atoms with Gasteiger partial charge >= 0.3 is 0 Å². The summed E-state index contributed by atoms with van der Waals surface area (Å²) in [7, 11) is 1.53. The molecule has 7 nitrogen and oxygen atoms in total. The number of benzene rings is 2. The number of para-hydroxylation sites is 1. The van der Waals surface area contributed by atoms with E-state index in [4.69, 9.17) is 22.1 Å². The molecule has 34 heavy (non-hydrogen) atoms. The Labute approximate surface area is 209 Å². The van der Waals surface area contributed by atoms with Crippen LogP contribution in [0.3, 0.4) is 0 Å². The van der Waals surface area contributed by atoms with E-state index in [0.29, 0.717) is 43.2 Å². The molecule has 2 aromatic carbocycles. The fraction of sp³-hybridized carbons (Fsp3) is 0.320. The van der Waals surface area contributed by atoms with Gasteiger partial charge in [-0.1, -0.05) is 55.4 Å². The largest absolute Gasteiger partial charge is 0.496 e. The van der Waals surface area contributed by atoms with Crippen molar-refractivity contribution in [3.05, 3.63) is 59.2 Å². The predicted molar refractivity (Wildman–Crippen MR) is 138 cm³/mol. The van der Waals surface area contributed by atoms with Crippen molar-refractivity contribution in [3.8, 4) is 5.75 Å². The number of aromatic nitrogens is 2. The molecule has 9 heteroatoms. The van der Waals surface area contributed by atoms with Crippen LogP contribution >= 0.6 is 23.4 Å². The molecule has 3 aromatic rings. The quantitative estimate of drug-likeness (QED) is 0.447. The van der Waals surface area contributed by atoms with Crippen LogP contribution in [-0.4, -0.2) is 36.1 Å². The second-order valence-corrected chi connectivity index (χ2v) is 10.4. The van der Waals surface area contributed by atoms with Gasteiger partial charge in [-0.25, -0.2) is 9.97 Å². The molecule has 1 fully saturated rings. The second kappa shape index (κ2) is 10.1. The van der Waals surface area contributed by atoms with Crippen LogP contribution in [0.1, 0.15) is 37.0 Å². The molecular weight excluding hydrogens is 470 g/mol. The molecule has 178 valence electrons. The SMILES string of the molecule is COc1ccccc1C(=O)Nc1cccc(Sc2ncc(N3CCC(C)(C)CC3)nc2N)c1Cl. The number of nitrogen functional groups attached to an aromatic ring is 1. The van der Waals surface area contributed by atoms with Crippen LogP contribution in [0.4, 0.5) is 17.3 Å². The Morgan fingerprint density at radius 1 is 1.18 bits per heavy atom. The maximum absolute atomic E-state index is 12.8. The standard InChI is InChI=1S/C25H28ClN5O2S/c1-25(2)11-13-31(14-12-25)20-15-28-24(22(27)30-20)34-19-10-6-8-17(21(19)26)29-23(32)16-7-4-5-9-18(16)33-3/h4-10,15H,11-14H2,1-3H3,(H2,27,30)(H,29,32). The molecule has 0 atom stereocenters. The zero-order chi connectivity index (χ0) is 24.3. The summed E-state index contributed by atoms with van der Waals surface area (Å²) in [6, 6.07) is 12.4. The van der Waals surface area contributed by atoms with Crippen LogP contribution in [0, 0.1) is 5.41 Å². The van der Waals surface area contributed by atoms with Gasteiger partial charge in [-0.3, -0.25) is 4.79 Å². The molecule has 1 aromatic heterocycles. The molecule has 1 amide bonds. The number of nitrogens with one attached hydrogen (secondary N) is 1. The lowest BCUT2D eigenvalue weighted by molar-refractivity contribution is 0.102. The first kappa shape index (κ1) is 24.2. The van der Waals surface area contributed by atoms with Crippen LogP contribution in [0.15, 0.2) is 58.6 Å². The molecular formula is C25H28ClN5O2S. The van der Waals surface area contributed by atoms with Gasteiger partial charge in [0.2, 0.25) is 0 Å². The number of carbonyl (C=O) groups excluding carboxylic acids is 1. The Hall–Kier alpha value is -2.97. The highest BCUT2D eigenvalue weighted by atomic mass is 35.5. The lowest BCUT2D eigenvalue weighted by Crippen LogP contribution is -2.37. The normalized spacial score (nSPS) is 15.1. The minimum Gasteiger partial charge on any atom is -0.496 e. The third kappa shape index (κ3) is 5.39. The van der Waals surface area contributed by atoms with Gasteiger partial charge in [-0.15, -0.1) is 0 Å². The van der Waals surface area contributed by atoms with Crippen LogP contribution < -0.4 is 20.7 Å². The Bertz CT molecular complexity index is 1190. The van der Waals surface area contributed by atoms with Crippen molar-refractivity contribution in [1.29, 1.82) is 0 Å². The first-order chi connectivity index (χ1) is 16.3. The molecule has 0 spiro atoms. The average Bonchev–Trinajstić information content (AvgIpc) is 2.82. The van der Waals surface area contributed by atoms with Crippen molar-refractivity contribution >= 4 is 46.6 Å². The molecule has 0 radical (unpaired) electrons. The Morgan fingerprint density at radius 2 is 1.91 bits per heavy atom. The highest BCUT2D eigenvalue weighted by molar-refractivity contribution is 7.99. The molecule has 0 aliphatic carbocycles. The third-order valence-corrected chi connectivity index (χ3v) is 7.55. The Kier molecular flexibility index (Phi) is 7.19. The van der Waals surface area contributed by atoms with Gasteiger partial charge < -0.3 is 20.7 Å². The van der Waals surface area contributed by atoms with Crippen molar-refractivity contribution < 1.29 is 9.53 Å². The number of anilines is 3. The average molecular weight is 498 g/mol. The highest BCUT2D eigenvalue weighted by Crippen LogP contribution is 2.39. The van der Waals surface area contributed by atoms with E-state index in [0.717, 1.165) is 31.7 Å². The Balaban J connectivity index is 1.49. The summed E-state index contributed by atoms with van der Waals surface area (Å²) < 4.78 is 5.28. The topological polar surface area (TPSA) is 93.4 Å². The van der Waals surface area contributed by atoms with E-state index in [1.54, 1.807) is 30.5 Å². The van der Waals surface area contributed by atoms with Gasteiger partial charge in [0.1, 0.15) is 16.6 Å². The molecule has 1 saturated heterocycles. The number of piperidine rings is 1. The van der Waals surface area contributed by atoms with E-state index in [1.807, 2.05) is 18.2 Å². The summed E-state index contributed by atoms with van der Waals surface area (Å²) >= 11 is 7.95. The van der Waals surface area contributed by atoms with Gasteiger partial charge in [0, 0.05) is 18.0 Å². The zero-order valence-corrected chi connectivity index (χ0v) is 21.0. The highest BCUT2D eigenvalue weighted by Gasteiger charge is 2.26. The second-order valence-electron chi connectivity index (χ2n) is 8.94. The number of amides is 1. The zero-order valence-electron chi connectivity index (χ0n) is 19.5. The fourth-order valence-corrected chi connectivity index (χ4v) is 4.87. The molecule has 0 saturated carbocycles. The smallest absolute Gasteiger partial charge is 0.259 e. The molecule has 0 unspecified atom stereocenters. The van der Waals surface area contributed by atoms with Crippen molar-refractivity contribution in [1.82, 2.24) is 9.97 Å². The van der Waals surface area contributed by atoms with Crippen molar-refractivity contribution in [3.63, 3.8) is 0 Å². The van der Waals surface area contributed by atoms with Gasteiger partial charge in [0.05, 0.1) is 29.6 Å². The summed E-state index contributed by atoms with van der Waals surface area (Å²) in [4.78, 5) is 24.9. The summed E-state index contributed by atoms with van der Waals surface area (Å²) in [5.41, 5.74) is 7.52. The predicted octanol–water partition coefficient (Wildman–Crippen LogP) is 5.75. The monoisotopic (exact) mass is 497 g/mol. The number of carbonyl (C=O) groups is 1. The first-order valence-corrected chi connectivity index (χ1v) is 12.2. The summed E-state index contributed by atoms with van der Waals surface area (Å²) in [5, 5.41) is 3.83. The van der Waals surface area contributed by atoms with Gasteiger partial charge in [0.25, 0.3) is 5.91 Å². The van der Waals surface area contributed by atoms with Crippen molar-refractivity contribution in [2.75, 3.05) is 36.1 Å². The van der Waals surface area contributed by atoms with E-state index >= 15 is 0 Å². The van der Waals surface area contributed by atoms with Crippen LogP contribution in [0.2, 0.25) is 5.02 Å². The van der Waals surface area contributed by atoms with E-state index in [1.165, 1.54) is 18.9 Å². The Morgan fingerprint density at radius 3 is 2.62 bits per heavy atom. The fourth-order valence-electron chi connectivity index (χ4n) is 3.77. The number of hydrogen-bond donors (Lipinski definition) is 2. The van der Waals surface area contributed by atoms with Crippen LogP contribution in [0.25, 0.3) is 0 Å². The maximum Gasteiger partial charge on any atom is 0.259 e. The van der Waals surface area contributed by atoms with E-state index in [-0.39, 0.29) is 5.91 Å². The lowest BCUT2D eigenvalue weighted by Gasteiger charge is -2.37. The molecule has 0 bridgehead atoms. The maximum atomic E-state index is 12.8. The molecule has 3 N–H and O–H groups in total. The summed E-state index contributed by atoms with van der Waals surface area (Å²) in [6.45, 7) is 6.46. The van der Waals surface area contributed by atoms with Crippen molar-refractivity contribution in [2.24, 2.45) is 5.41 Å².